The lowest BCUT2D eigenvalue weighted by Crippen LogP contribution is -2.22. The molecule has 61 heavy (non-hydrogen) atoms. The molecule has 8 aromatic carbocycles. The summed E-state index contributed by atoms with van der Waals surface area (Å²) < 4.78 is 14.3. The monoisotopic (exact) mass is 805 g/mol. The maximum Gasteiger partial charge on any atom is 0.259 e. The Kier molecular flexibility index (Phi) is 8.77. The molecule has 1 atom stereocenters. The topological polar surface area (TPSA) is 57.5 Å². The van der Waals surface area contributed by atoms with Gasteiger partial charge in [-0.05, 0) is 102 Å². The van der Waals surface area contributed by atoms with Crippen LogP contribution in [0.4, 0.5) is 0 Å². The van der Waals surface area contributed by atoms with E-state index in [1.807, 2.05) is 16.7 Å². The number of ether oxygens (including phenoxy) is 2. The summed E-state index contributed by atoms with van der Waals surface area (Å²) in [5, 5.41) is 14.2. The third-order valence-electron chi connectivity index (χ3n) is 15.4. The molecule has 3 aliphatic carbocycles. The normalized spacial score (nSPS) is 15.0. The van der Waals surface area contributed by atoms with Gasteiger partial charge in [0.25, 0.3) is 5.56 Å². The van der Waals surface area contributed by atoms with Crippen LogP contribution in [0.1, 0.15) is 149 Å². The SMILES string of the molecule is CCCCCCCCCCCCCCCCOc1ccc(Cn2c(=O)c3c4c5c6cc7ccc(cc8c(=O)c9c(cc%10c%11c%12c(cc(c5c%12c3c9%11)C6)[C@H]%10C)C8)c2c74)cc1OC. The Bertz CT molecular complexity index is 3360. The van der Waals surface area contributed by atoms with Gasteiger partial charge >= 0.3 is 0 Å². The van der Waals surface area contributed by atoms with Gasteiger partial charge in [0.2, 0.25) is 0 Å². The second-order valence-corrected chi connectivity index (χ2v) is 19.0. The van der Waals surface area contributed by atoms with E-state index in [0.717, 1.165) is 83.9 Å². The number of hydrogen-bond acceptors (Lipinski definition) is 4. The van der Waals surface area contributed by atoms with Crippen molar-refractivity contribution in [3.8, 4) is 11.5 Å². The van der Waals surface area contributed by atoms with Crippen LogP contribution in [0.5, 0.6) is 11.5 Å². The van der Waals surface area contributed by atoms with Crippen LogP contribution in [0.15, 0.2) is 64.2 Å². The van der Waals surface area contributed by atoms with Crippen LogP contribution in [0.3, 0.4) is 0 Å². The van der Waals surface area contributed by atoms with Gasteiger partial charge in [0.15, 0.2) is 16.9 Å². The molecule has 0 spiro atoms. The molecule has 0 N–H and O–H groups in total. The highest BCUT2D eigenvalue weighted by atomic mass is 16.5. The number of benzene rings is 6. The Morgan fingerprint density at radius 1 is 0.541 bits per heavy atom. The molecule has 5 nitrogen and oxygen atoms in total. The van der Waals surface area contributed by atoms with E-state index in [1.165, 1.54) is 133 Å². The molecule has 2 aromatic heterocycles. The van der Waals surface area contributed by atoms with Crippen molar-refractivity contribution in [2.45, 2.75) is 129 Å². The Morgan fingerprint density at radius 2 is 1.10 bits per heavy atom. The maximum absolute atomic E-state index is 15.7. The zero-order valence-corrected chi connectivity index (χ0v) is 36.1. The summed E-state index contributed by atoms with van der Waals surface area (Å²) in [5.41, 5.74) is 9.26. The molecule has 0 radical (unpaired) electrons. The zero-order chi connectivity index (χ0) is 41.1. The molecule has 8 bridgehead atoms. The molecule has 308 valence electrons. The van der Waals surface area contributed by atoms with E-state index in [0.29, 0.717) is 25.3 Å². The lowest BCUT2D eigenvalue weighted by atomic mass is 9.86. The number of hydrogen-bond donors (Lipinski definition) is 0. The first-order valence-corrected chi connectivity index (χ1v) is 23.6. The average Bonchev–Trinajstić information content (AvgIpc) is 3.98. The Hall–Kier alpha value is -5.42. The van der Waals surface area contributed by atoms with Crippen molar-refractivity contribution in [3.63, 3.8) is 0 Å². The Morgan fingerprint density at radius 3 is 1.79 bits per heavy atom. The van der Waals surface area contributed by atoms with E-state index in [-0.39, 0.29) is 16.9 Å². The number of aromatic nitrogens is 1. The fourth-order valence-corrected chi connectivity index (χ4v) is 12.5. The van der Waals surface area contributed by atoms with Gasteiger partial charge in [0.1, 0.15) is 0 Å². The molecule has 3 aliphatic rings. The van der Waals surface area contributed by atoms with Crippen molar-refractivity contribution in [2.75, 3.05) is 13.7 Å². The summed E-state index contributed by atoms with van der Waals surface area (Å²) in [7, 11) is 1.70. The lowest BCUT2D eigenvalue weighted by Gasteiger charge is -2.21. The smallest absolute Gasteiger partial charge is 0.259 e. The molecule has 0 saturated carbocycles. The molecule has 2 heterocycles. The summed E-state index contributed by atoms with van der Waals surface area (Å²) in [6, 6.07) is 19.8. The van der Waals surface area contributed by atoms with Crippen LogP contribution in [0.25, 0.3) is 75.5 Å². The van der Waals surface area contributed by atoms with E-state index in [9.17, 15) is 4.79 Å². The van der Waals surface area contributed by atoms with Crippen LogP contribution in [-0.4, -0.2) is 18.3 Å². The van der Waals surface area contributed by atoms with Gasteiger partial charge in [-0.2, -0.15) is 0 Å². The summed E-state index contributed by atoms with van der Waals surface area (Å²) in [5.74, 6) is 1.67. The molecule has 0 amide bonds. The predicted octanol–water partition coefficient (Wildman–Crippen LogP) is 13.8. The molecule has 0 saturated heterocycles. The Balaban J connectivity index is 0.880. The summed E-state index contributed by atoms with van der Waals surface area (Å²) >= 11 is 0. The van der Waals surface area contributed by atoms with Crippen molar-refractivity contribution in [1.82, 2.24) is 4.57 Å². The fourth-order valence-electron chi connectivity index (χ4n) is 12.5. The predicted molar refractivity (Wildman–Crippen MR) is 254 cm³/mol. The quantitative estimate of drug-likeness (QED) is 0.0464. The fraction of sp³-hybridized carbons (Fsp3) is 0.393. The lowest BCUT2D eigenvalue weighted by molar-refractivity contribution is 0.284. The minimum atomic E-state index is 0.0152. The summed E-state index contributed by atoms with van der Waals surface area (Å²) in [6.07, 6.45) is 20.1. The number of unbranched alkanes of at least 4 members (excludes halogenated alkanes) is 13. The van der Waals surface area contributed by atoms with E-state index in [1.54, 1.807) is 7.11 Å². The van der Waals surface area contributed by atoms with Gasteiger partial charge in [0.05, 0.1) is 31.2 Å². The molecule has 0 fully saturated rings. The van der Waals surface area contributed by atoms with Gasteiger partial charge in [0, 0.05) is 44.8 Å². The van der Waals surface area contributed by atoms with Gasteiger partial charge < -0.3 is 14.0 Å². The maximum atomic E-state index is 15.7. The first-order chi connectivity index (χ1) is 30.0. The Labute approximate surface area is 356 Å². The number of methoxy groups -OCH3 is 1. The van der Waals surface area contributed by atoms with Gasteiger partial charge in [-0.3, -0.25) is 9.59 Å². The minimum absolute atomic E-state index is 0.0152. The molecular weight excluding hydrogens is 751 g/mol. The first-order valence-electron chi connectivity index (χ1n) is 23.6. The van der Waals surface area contributed by atoms with Crippen LogP contribution < -0.4 is 20.5 Å². The third-order valence-corrected chi connectivity index (χ3v) is 15.4. The van der Waals surface area contributed by atoms with Crippen molar-refractivity contribution in [3.05, 3.63) is 114 Å². The van der Waals surface area contributed by atoms with Crippen molar-refractivity contribution >= 4 is 75.5 Å². The van der Waals surface area contributed by atoms with Crippen molar-refractivity contribution in [2.24, 2.45) is 0 Å². The number of pyridine rings is 1. The van der Waals surface area contributed by atoms with Crippen LogP contribution in [-0.2, 0) is 19.4 Å². The highest BCUT2D eigenvalue weighted by molar-refractivity contribution is 6.48. The van der Waals surface area contributed by atoms with Crippen LogP contribution in [0, 0.1) is 0 Å². The number of fused-ring (bicyclic) bond motifs is 1. The standard InChI is InChI=1S/C56H55NO4/c1-4-5-6-7-8-9-10-11-12-13-14-15-16-17-22-61-41-21-18-32(23-42(41)60-3)30-57-54-34-20-19-33-24-35-26-36-28-39-31(2)40-29-37-27-38(25-34)55(58)46(37)51-48(40)47(39)50-44(36)43(35)49(45(33)54)53(52(50)51)56(57)59/h18-21,23-25,28-29,31H,4-17,22,26-27,30H2,1-3H3/t31-/m1/s1. The second kappa shape index (κ2) is 14.3. The molecule has 5 heteroatoms. The van der Waals surface area contributed by atoms with E-state index >= 15 is 4.79 Å². The molecule has 10 aromatic rings. The van der Waals surface area contributed by atoms with Gasteiger partial charge in [-0.15, -0.1) is 0 Å². The number of nitrogens with zero attached hydrogens (tertiary/aromatic N) is 1. The molecule has 13 rings (SSSR count). The molecular formula is C56H55NO4. The van der Waals surface area contributed by atoms with E-state index < -0.39 is 0 Å². The molecule has 0 unspecified atom stereocenters. The van der Waals surface area contributed by atoms with Crippen molar-refractivity contribution < 1.29 is 9.47 Å². The van der Waals surface area contributed by atoms with Gasteiger partial charge in [-0.25, -0.2) is 0 Å². The van der Waals surface area contributed by atoms with Crippen molar-refractivity contribution in [1.29, 1.82) is 0 Å². The average molecular weight is 806 g/mol. The summed E-state index contributed by atoms with van der Waals surface area (Å²) in [4.78, 5) is 30.4. The van der Waals surface area contributed by atoms with E-state index in [2.05, 4.69) is 56.3 Å². The highest BCUT2D eigenvalue weighted by Crippen LogP contribution is 2.59. The third kappa shape index (κ3) is 5.37. The van der Waals surface area contributed by atoms with Crippen LogP contribution in [0.2, 0.25) is 0 Å². The number of rotatable bonds is 19. The highest BCUT2D eigenvalue weighted by Gasteiger charge is 2.38. The largest absolute Gasteiger partial charge is 0.493 e. The van der Waals surface area contributed by atoms with Crippen LogP contribution >= 0.6 is 0 Å². The van der Waals surface area contributed by atoms with Gasteiger partial charge in [-0.1, -0.05) is 134 Å². The van der Waals surface area contributed by atoms with E-state index in [4.69, 9.17) is 9.47 Å². The summed E-state index contributed by atoms with van der Waals surface area (Å²) in [6.45, 7) is 5.64. The minimum Gasteiger partial charge on any atom is -0.493 e. The second-order valence-electron chi connectivity index (χ2n) is 19.0. The molecule has 0 aliphatic heterocycles. The zero-order valence-electron chi connectivity index (χ0n) is 36.1. The first kappa shape index (κ1) is 37.4.